The molecule has 3 aromatic rings. The Bertz CT molecular complexity index is 1070. The predicted octanol–water partition coefficient (Wildman–Crippen LogP) is 3.89. The fraction of sp³-hybridized carbons (Fsp3) is 0.176. The Hall–Kier alpha value is -2.91. The second-order valence-electron chi connectivity index (χ2n) is 5.41. The van der Waals surface area contributed by atoms with Crippen LogP contribution < -0.4 is 10.1 Å². The number of rotatable bonds is 5. The number of nitrogens with zero attached hydrogens (tertiary/aromatic N) is 2. The number of carboxylic acid groups (broad SMARTS) is 1. The molecule has 2 N–H and O–H groups in total. The quantitative estimate of drug-likeness (QED) is 0.613. The van der Waals surface area contributed by atoms with E-state index in [-0.39, 0.29) is 16.3 Å². The number of carboxylic acids is 1. The van der Waals surface area contributed by atoms with Crippen molar-refractivity contribution < 1.29 is 24.2 Å². The van der Waals surface area contributed by atoms with Crippen LogP contribution in [0, 0.1) is 6.92 Å². The molecule has 0 aliphatic heterocycles. The average Bonchev–Trinajstić information content (AvgIpc) is 3.00. The Morgan fingerprint density at radius 3 is 2.63 bits per heavy atom. The van der Waals surface area contributed by atoms with Crippen molar-refractivity contribution in [1.82, 2.24) is 9.97 Å². The van der Waals surface area contributed by atoms with Crippen LogP contribution in [0.25, 0.3) is 10.2 Å². The lowest BCUT2D eigenvalue weighted by Gasteiger charge is -2.12. The molecule has 10 heteroatoms. The number of methoxy groups -OCH3 is 2. The summed E-state index contributed by atoms with van der Waals surface area (Å²) >= 11 is 7.42. The van der Waals surface area contributed by atoms with Gasteiger partial charge >= 0.3 is 11.9 Å². The number of aromatic carboxylic acids is 1. The molecule has 140 valence electrons. The monoisotopic (exact) mass is 407 g/mol. The Kier molecular flexibility index (Phi) is 5.15. The highest BCUT2D eigenvalue weighted by Crippen LogP contribution is 2.37. The molecule has 0 fully saturated rings. The molecule has 0 bridgehead atoms. The van der Waals surface area contributed by atoms with E-state index in [0.29, 0.717) is 32.2 Å². The summed E-state index contributed by atoms with van der Waals surface area (Å²) in [6, 6.07) is 2.77. The van der Waals surface area contributed by atoms with Crippen LogP contribution in [-0.2, 0) is 4.74 Å². The molecule has 0 aliphatic carbocycles. The SMILES string of the molecule is COC(=O)c1sc2ncnc(Nc3cc(OC)c(C(=O)O)cc3Cl)c2c1C. The summed E-state index contributed by atoms with van der Waals surface area (Å²) in [5.74, 6) is -1.03. The number of thiophene rings is 1. The van der Waals surface area contributed by atoms with Crippen molar-refractivity contribution in [1.29, 1.82) is 0 Å². The van der Waals surface area contributed by atoms with Crippen molar-refractivity contribution in [2.75, 3.05) is 19.5 Å². The first kappa shape index (κ1) is 18.9. The number of benzene rings is 1. The molecule has 2 aromatic heterocycles. The molecule has 0 atom stereocenters. The number of esters is 1. The van der Waals surface area contributed by atoms with Crippen molar-refractivity contribution in [2.45, 2.75) is 6.92 Å². The minimum absolute atomic E-state index is 0.0550. The highest BCUT2D eigenvalue weighted by molar-refractivity contribution is 7.20. The first-order valence-corrected chi connectivity index (χ1v) is 8.77. The van der Waals surface area contributed by atoms with Crippen LogP contribution in [0.4, 0.5) is 11.5 Å². The number of fused-ring (bicyclic) bond motifs is 1. The van der Waals surface area contributed by atoms with Gasteiger partial charge in [-0.25, -0.2) is 19.6 Å². The Balaban J connectivity index is 2.11. The van der Waals surface area contributed by atoms with Crippen molar-refractivity contribution in [3.05, 3.63) is 39.5 Å². The summed E-state index contributed by atoms with van der Waals surface area (Å²) in [6.45, 7) is 1.77. The zero-order valence-corrected chi connectivity index (χ0v) is 16.1. The zero-order valence-electron chi connectivity index (χ0n) is 14.5. The first-order chi connectivity index (χ1) is 12.9. The van der Waals surface area contributed by atoms with E-state index < -0.39 is 11.9 Å². The number of halogens is 1. The third-order valence-electron chi connectivity index (χ3n) is 3.87. The lowest BCUT2D eigenvalue weighted by molar-refractivity contribution is 0.0604. The van der Waals surface area contributed by atoms with E-state index >= 15 is 0 Å². The maximum atomic E-state index is 11.9. The summed E-state index contributed by atoms with van der Waals surface area (Å²) < 4.78 is 9.93. The summed E-state index contributed by atoms with van der Waals surface area (Å²) in [4.78, 5) is 32.7. The van der Waals surface area contributed by atoms with Gasteiger partial charge in [-0.1, -0.05) is 11.6 Å². The van der Waals surface area contributed by atoms with Gasteiger partial charge in [-0.15, -0.1) is 11.3 Å². The second-order valence-corrected chi connectivity index (χ2v) is 6.82. The van der Waals surface area contributed by atoms with Gasteiger partial charge in [0.2, 0.25) is 0 Å². The molecule has 0 amide bonds. The van der Waals surface area contributed by atoms with Gasteiger partial charge in [0, 0.05) is 6.07 Å². The van der Waals surface area contributed by atoms with Gasteiger partial charge in [-0.2, -0.15) is 0 Å². The summed E-state index contributed by atoms with van der Waals surface area (Å²) in [7, 11) is 2.68. The average molecular weight is 408 g/mol. The normalized spacial score (nSPS) is 10.7. The first-order valence-electron chi connectivity index (χ1n) is 7.57. The van der Waals surface area contributed by atoms with Gasteiger partial charge in [0.05, 0.1) is 30.3 Å². The van der Waals surface area contributed by atoms with E-state index in [1.165, 1.54) is 44.0 Å². The minimum atomic E-state index is -1.15. The smallest absolute Gasteiger partial charge is 0.348 e. The van der Waals surface area contributed by atoms with Crippen LogP contribution in [0.1, 0.15) is 25.6 Å². The summed E-state index contributed by atoms with van der Waals surface area (Å²) in [5.41, 5.74) is 1.03. The Morgan fingerprint density at radius 1 is 1.26 bits per heavy atom. The number of hydrogen-bond donors (Lipinski definition) is 2. The Morgan fingerprint density at radius 2 is 2.00 bits per heavy atom. The third kappa shape index (κ3) is 3.38. The molecule has 0 spiro atoms. The van der Waals surface area contributed by atoms with E-state index in [1.54, 1.807) is 6.92 Å². The fourth-order valence-electron chi connectivity index (χ4n) is 2.57. The number of anilines is 2. The van der Waals surface area contributed by atoms with Crippen LogP contribution >= 0.6 is 22.9 Å². The largest absolute Gasteiger partial charge is 0.496 e. The van der Waals surface area contributed by atoms with Gasteiger partial charge < -0.3 is 19.9 Å². The van der Waals surface area contributed by atoms with Crippen molar-refractivity contribution in [2.24, 2.45) is 0 Å². The molecule has 0 saturated heterocycles. The summed E-state index contributed by atoms with van der Waals surface area (Å²) in [6.07, 6.45) is 1.36. The molecular weight excluding hydrogens is 394 g/mol. The Labute approximate surface area is 162 Å². The number of aryl methyl sites for hydroxylation is 1. The molecule has 0 radical (unpaired) electrons. The maximum Gasteiger partial charge on any atom is 0.348 e. The predicted molar refractivity (Wildman–Crippen MR) is 102 cm³/mol. The minimum Gasteiger partial charge on any atom is -0.496 e. The number of nitrogens with one attached hydrogen (secondary N) is 1. The third-order valence-corrected chi connectivity index (χ3v) is 5.36. The van der Waals surface area contributed by atoms with Gasteiger partial charge in [0.25, 0.3) is 0 Å². The number of carbonyl (C=O) groups excluding carboxylic acids is 1. The molecule has 8 nitrogen and oxygen atoms in total. The number of aromatic nitrogens is 2. The second kappa shape index (κ2) is 7.37. The van der Waals surface area contributed by atoms with E-state index in [0.717, 1.165) is 0 Å². The van der Waals surface area contributed by atoms with Crippen LogP contribution in [0.3, 0.4) is 0 Å². The van der Waals surface area contributed by atoms with Crippen LogP contribution in [-0.4, -0.2) is 41.2 Å². The highest BCUT2D eigenvalue weighted by atomic mass is 35.5. The van der Waals surface area contributed by atoms with Crippen molar-refractivity contribution in [3.63, 3.8) is 0 Å². The zero-order chi connectivity index (χ0) is 19.7. The number of carbonyl (C=O) groups is 2. The van der Waals surface area contributed by atoms with E-state index in [1.807, 2.05) is 0 Å². The molecule has 1 aromatic carbocycles. The maximum absolute atomic E-state index is 11.9. The van der Waals surface area contributed by atoms with Gasteiger partial charge in [0.15, 0.2) is 0 Å². The topological polar surface area (TPSA) is 111 Å². The van der Waals surface area contributed by atoms with Gasteiger partial charge in [-0.3, -0.25) is 0 Å². The fourth-order valence-corrected chi connectivity index (χ4v) is 3.84. The number of hydrogen-bond acceptors (Lipinski definition) is 8. The van der Waals surface area contributed by atoms with Gasteiger partial charge in [0.1, 0.15) is 33.2 Å². The van der Waals surface area contributed by atoms with Crippen LogP contribution in [0.2, 0.25) is 5.02 Å². The lowest BCUT2D eigenvalue weighted by atomic mass is 10.1. The lowest BCUT2D eigenvalue weighted by Crippen LogP contribution is -2.03. The molecule has 3 rings (SSSR count). The van der Waals surface area contributed by atoms with E-state index in [2.05, 4.69) is 15.3 Å². The van der Waals surface area contributed by atoms with Crippen LogP contribution in [0.5, 0.6) is 5.75 Å². The van der Waals surface area contributed by atoms with E-state index in [9.17, 15) is 14.7 Å². The molecule has 0 aliphatic rings. The summed E-state index contributed by atoms with van der Waals surface area (Å²) in [5, 5.41) is 13.1. The van der Waals surface area contributed by atoms with Crippen molar-refractivity contribution in [3.8, 4) is 5.75 Å². The van der Waals surface area contributed by atoms with Crippen LogP contribution in [0.15, 0.2) is 18.5 Å². The number of ether oxygens (including phenoxy) is 2. The van der Waals surface area contributed by atoms with Gasteiger partial charge in [-0.05, 0) is 18.6 Å². The molecular formula is C17H14ClN3O5S. The molecule has 0 unspecified atom stereocenters. The molecule has 2 heterocycles. The van der Waals surface area contributed by atoms with E-state index in [4.69, 9.17) is 21.1 Å². The molecule has 0 saturated carbocycles. The van der Waals surface area contributed by atoms with Crippen molar-refractivity contribution >= 4 is 56.6 Å². The standard InChI is InChI=1S/C17H14ClN3O5S/c1-7-12-14(19-6-20-15(12)27-13(7)17(24)26-3)21-10-5-11(25-2)8(16(22)23)4-9(10)18/h4-6H,1-3H3,(H,22,23)(H,19,20,21). The highest BCUT2D eigenvalue weighted by Gasteiger charge is 2.21. The molecule has 27 heavy (non-hydrogen) atoms.